The van der Waals surface area contributed by atoms with Gasteiger partial charge in [0.05, 0.1) is 25.0 Å². The van der Waals surface area contributed by atoms with Gasteiger partial charge in [-0.25, -0.2) is 0 Å². The Kier molecular flexibility index (Phi) is 4.25. The first-order valence-electron chi connectivity index (χ1n) is 8.22. The Hall–Kier alpha value is -2.28. The summed E-state index contributed by atoms with van der Waals surface area (Å²) >= 11 is 3.25. The average molecular weight is 404 g/mol. The van der Waals surface area contributed by atoms with Crippen LogP contribution in [0.2, 0.25) is 0 Å². The third-order valence-electron chi connectivity index (χ3n) is 4.54. The van der Waals surface area contributed by atoms with E-state index in [0.29, 0.717) is 23.5 Å². The molecule has 3 aromatic rings. The van der Waals surface area contributed by atoms with Gasteiger partial charge in [-0.3, -0.25) is 9.48 Å². The van der Waals surface area contributed by atoms with E-state index in [1.165, 1.54) is 11.3 Å². The highest BCUT2D eigenvalue weighted by Gasteiger charge is 2.26. The maximum atomic E-state index is 12.9. The summed E-state index contributed by atoms with van der Waals surface area (Å²) in [4.78, 5) is 14.6. The second-order valence-electron chi connectivity index (χ2n) is 6.19. The van der Waals surface area contributed by atoms with E-state index in [1.807, 2.05) is 23.9 Å². The molecule has 6 nitrogen and oxygen atoms in total. The van der Waals surface area contributed by atoms with Crippen molar-refractivity contribution in [1.29, 1.82) is 0 Å². The molecule has 0 radical (unpaired) electrons. The number of carbonyl (C=O) groups excluding carboxylic acids is 1. The number of rotatable bonds is 5. The van der Waals surface area contributed by atoms with E-state index in [-0.39, 0.29) is 5.91 Å². The summed E-state index contributed by atoms with van der Waals surface area (Å²) in [6.07, 6.45) is 4.83. The van der Waals surface area contributed by atoms with Crippen LogP contribution in [0.25, 0.3) is 0 Å². The molecular formula is C18H18BrN3O3. The van der Waals surface area contributed by atoms with Crippen LogP contribution in [0, 0.1) is 0 Å². The monoisotopic (exact) mass is 403 g/mol. The summed E-state index contributed by atoms with van der Waals surface area (Å²) in [5.41, 5.74) is 3.52. The standard InChI is InChI=1S/C18H18BrN3O3/c1-21-15-6-2-5-13(15)14(20-21)11-22(10-12-4-3-9-24-12)18(23)16-7-8-17(19)25-16/h3-4,7-9H,2,5-6,10-11H2,1H3. The van der Waals surface area contributed by atoms with E-state index in [0.717, 1.165) is 30.7 Å². The number of amides is 1. The first-order valence-corrected chi connectivity index (χ1v) is 9.01. The van der Waals surface area contributed by atoms with Crippen LogP contribution in [-0.2, 0) is 33.0 Å². The van der Waals surface area contributed by atoms with Crippen molar-refractivity contribution >= 4 is 21.8 Å². The number of hydrogen-bond acceptors (Lipinski definition) is 4. The molecule has 0 saturated heterocycles. The fourth-order valence-corrected chi connectivity index (χ4v) is 3.69. The fourth-order valence-electron chi connectivity index (χ4n) is 3.38. The topological polar surface area (TPSA) is 64.4 Å². The van der Waals surface area contributed by atoms with E-state index in [9.17, 15) is 4.79 Å². The van der Waals surface area contributed by atoms with Crippen LogP contribution in [0.3, 0.4) is 0 Å². The maximum absolute atomic E-state index is 12.9. The van der Waals surface area contributed by atoms with Gasteiger partial charge in [0.15, 0.2) is 10.4 Å². The minimum atomic E-state index is -0.181. The molecule has 0 aliphatic heterocycles. The fraction of sp³-hybridized carbons (Fsp3) is 0.333. The summed E-state index contributed by atoms with van der Waals surface area (Å²) in [5.74, 6) is 0.844. The zero-order chi connectivity index (χ0) is 17.4. The molecule has 7 heteroatoms. The molecule has 3 heterocycles. The first-order chi connectivity index (χ1) is 12.1. The van der Waals surface area contributed by atoms with E-state index < -0.39 is 0 Å². The Labute approximate surface area is 153 Å². The molecule has 0 fully saturated rings. The molecule has 0 spiro atoms. The molecule has 0 aromatic carbocycles. The second kappa shape index (κ2) is 6.55. The zero-order valence-electron chi connectivity index (χ0n) is 13.9. The molecule has 1 aliphatic carbocycles. The molecule has 4 rings (SSSR count). The highest BCUT2D eigenvalue weighted by molar-refractivity contribution is 9.10. The number of carbonyl (C=O) groups is 1. The minimum Gasteiger partial charge on any atom is -0.467 e. The average Bonchev–Trinajstić information content (AvgIpc) is 3.35. The Morgan fingerprint density at radius 1 is 1.32 bits per heavy atom. The lowest BCUT2D eigenvalue weighted by Crippen LogP contribution is -2.30. The van der Waals surface area contributed by atoms with Crippen molar-refractivity contribution in [3.8, 4) is 0 Å². The number of hydrogen-bond donors (Lipinski definition) is 0. The summed E-state index contributed by atoms with van der Waals surface area (Å²) in [7, 11) is 1.97. The predicted octanol–water partition coefficient (Wildman–Crippen LogP) is 3.70. The maximum Gasteiger partial charge on any atom is 0.290 e. The van der Waals surface area contributed by atoms with Crippen LogP contribution in [0.1, 0.15) is 39.7 Å². The van der Waals surface area contributed by atoms with Crippen molar-refractivity contribution in [1.82, 2.24) is 14.7 Å². The lowest BCUT2D eigenvalue weighted by Gasteiger charge is -2.20. The Balaban J connectivity index is 1.63. The van der Waals surface area contributed by atoms with Gasteiger partial charge in [0.1, 0.15) is 5.76 Å². The molecule has 0 bridgehead atoms. The number of furan rings is 2. The minimum absolute atomic E-state index is 0.181. The lowest BCUT2D eigenvalue weighted by atomic mass is 10.2. The molecule has 1 amide bonds. The van der Waals surface area contributed by atoms with Crippen LogP contribution in [0.4, 0.5) is 0 Å². The number of nitrogens with zero attached hydrogens (tertiary/aromatic N) is 3. The van der Waals surface area contributed by atoms with E-state index in [2.05, 4.69) is 21.0 Å². The smallest absolute Gasteiger partial charge is 0.290 e. The molecule has 1 aliphatic rings. The number of fused-ring (bicyclic) bond motifs is 1. The summed E-state index contributed by atoms with van der Waals surface area (Å²) < 4.78 is 13.4. The normalized spacial score (nSPS) is 13.2. The number of halogens is 1. The predicted molar refractivity (Wildman–Crippen MR) is 93.9 cm³/mol. The lowest BCUT2D eigenvalue weighted by molar-refractivity contribution is 0.0681. The molecule has 0 atom stereocenters. The van der Waals surface area contributed by atoms with Gasteiger partial charge in [0.25, 0.3) is 5.91 Å². The van der Waals surface area contributed by atoms with Crippen molar-refractivity contribution in [3.63, 3.8) is 0 Å². The second-order valence-corrected chi connectivity index (χ2v) is 6.98. The molecule has 0 N–H and O–H groups in total. The van der Waals surface area contributed by atoms with Crippen LogP contribution in [-0.4, -0.2) is 20.6 Å². The van der Waals surface area contributed by atoms with Crippen LogP contribution in [0.15, 0.2) is 44.0 Å². The summed E-state index contributed by atoms with van der Waals surface area (Å²) in [5, 5.41) is 4.63. The highest BCUT2D eigenvalue weighted by Crippen LogP contribution is 2.27. The third-order valence-corrected chi connectivity index (χ3v) is 4.96. The molecule has 0 unspecified atom stereocenters. The van der Waals surface area contributed by atoms with Crippen molar-refractivity contribution in [2.45, 2.75) is 32.4 Å². The molecule has 25 heavy (non-hydrogen) atoms. The molecular weight excluding hydrogens is 386 g/mol. The Morgan fingerprint density at radius 2 is 2.20 bits per heavy atom. The van der Waals surface area contributed by atoms with Gasteiger partial charge in [0.2, 0.25) is 0 Å². The molecule has 130 valence electrons. The van der Waals surface area contributed by atoms with Crippen molar-refractivity contribution in [3.05, 3.63) is 63.7 Å². The van der Waals surface area contributed by atoms with Gasteiger partial charge in [-0.2, -0.15) is 5.10 Å². The number of aryl methyl sites for hydroxylation is 1. The van der Waals surface area contributed by atoms with Gasteiger partial charge >= 0.3 is 0 Å². The van der Waals surface area contributed by atoms with Crippen LogP contribution in [0.5, 0.6) is 0 Å². The largest absolute Gasteiger partial charge is 0.467 e. The molecule has 3 aromatic heterocycles. The van der Waals surface area contributed by atoms with Crippen molar-refractivity contribution < 1.29 is 13.6 Å². The van der Waals surface area contributed by atoms with E-state index in [1.54, 1.807) is 23.3 Å². The van der Waals surface area contributed by atoms with E-state index in [4.69, 9.17) is 8.83 Å². The third kappa shape index (κ3) is 3.16. The Bertz CT molecular complexity index is 895. The van der Waals surface area contributed by atoms with Gasteiger partial charge in [-0.15, -0.1) is 0 Å². The van der Waals surface area contributed by atoms with Gasteiger partial charge in [-0.05, 0) is 65.0 Å². The SMILES string of the molecule is Cn1nc(CN(Cc2ccco2)C(=O)c2ccc(Br)o2)c2c1CCC2. The zero-order valence-corrected chi connectivity index (χ0v) is 15.5. The number of aromatic nitrogens is 2. The van der Waals surface area contributed by atoms with Crippen LogP contribution >= 0.6 is 15.9 Å². The quantitative estimate of drug-likeness (QED) is 0.651. The highest BCUT2D eigenvalue weighted by atomic mass is 79.9. The van der Waals surface area contributed by atoms with Gasteiger partial charge in [0, 0.05) is 12.7 Å². The summed E-state index contributed by atoms with van der Waals surface area (Å²) in [6.45, 7) is 0.802. The molecule has 0 saturated carbocycles. The van der Waals surface area contributed by atoms with Crippen LogP contribution < -0.4 is 0 Å². The van der Waals surface area contributed by atoms with E-state index >= 15 is 0 Å². The Morgan fingerprint density at radius 3 is 2.92 bits per heavy atom. The first kappa shape index (κ1) is 16.2. The van der Waals surface area contributed by atoms with Gasteiger partial charge in [-0.1, -0.05) is 0 Å². The van der Waals surface area contributed by atoms with Gasteiger partial charge < -0.3 is 13.7 Å². The van der Waals surface area contributed by atoms with Crippen molar-refractivity contribution in [2.75, 3.05) is 0 Å². The summed E-state index contributed by atoms with van der Waals surface area (Å²) in [6, 6.07) is 7.07. The van der Waals surface area contributed by atoms with Crippen molar-refractivity contribution in [2.24, 2.45) is 7.05 Å².